The molecule has 1 aliphatic rings. The third kappa shape index (κ3) is 3.80. The Morgan fingerprint density at radius 2 is 2.00 bits per heavy atom. The summed E-state index contributed by atoms with van der Waals surface area (Å²) in [5.74, 6) is 1.31. The van der Waals surface area contributed by atoms with Gasteiger partial charge in [-0.3, -0.25) is 9.69 Å². The van der Waals surface area contributed by atoms with E-state index >= 15 is 0 Å². The van der Waals surface area contributed by atoms with Gasteiger partial charge in [-0.2, -0.15) is 0 Å². The molecule has 2 N–H and O–H groups in total. The van der Waals surface area contributed by atoms with Crippen LogP contribution in [0.4, 0.5) is 0 Å². The van der Waals surface area contributed by atoms with Crippen LogP contribution >= 0.6 is 39.9 Å². The summed E-state index contributed by atoms with van der Waals surface area (Å²) in [6.07, 6.45) is 2.47. The van der Waals surface area contributed by atoms with Crippen molar-refractivity contribution < 1.29 is 9.21 Å². The topological polar surface area (TPSA) is 59.5 Å². The van der Waals surface area contributed by atoms with Crippen molar-refractivity contribution in [1.82, 2.24) is 4.90 Å². The number of hydrogen-bond donors (Lipinski definition) is 1. The van der Waals surface area contributed by atoms with Crippen LogP contribution in [0.5, 0.6) is 0 Å². The first-order valence-electron chi connectivity index (χ1n) is 7.39. The van der Waals surface area contributed by atoms with E-state index in [-0.39, 0.29) is 5.91 Å². The van der Waals surface area contributed by atoms with E-state index < -0.39 is 0 Å². The van der Waals surface area contributed by atoms with Gasteiger partial charge < -0.3 is 10.2 Å². The molecule has 0 atom stereocenters. The first kappa shape index (κ1) is 17.4. The van der Waals surface area contributed by atoms with Crippen molar-refractivity contribution in [2.24, 2.45) is 5.73 Å². The number of nitrogens with two attached hydrogens (primary N) is 1. The average molecular weight is 423 g/mol. The maximum Gasteiger partial charge on any atom is 0.266 e. The Labute approximate surface area is 158 Å². The van der Waals surface area contributed by atoms with Crippen molar-refractivity contribution >= 4 is 56.2 Å². The Morgan fingerprint density at radius 1 is 1.25 bits per heavy atom. The minimum Gasteiger partial charge on any atom is -0.457 e. The highest BCUT2D eigenvalue weighted by atomic mass is 79.9. The molecule has 124 valence electrons. The van der Waals surface area contributed by atoms with Crippen LogP contribution in [0.1, 0.15) is 12.2 Å². The molecule has 0 saturated carbocycles. The first-order chi connectivity index (χ1) is 11.6. The molecule has 0 radical (unpaired) electrons. The van der Waals surface area contributed by atoms with Gasteiger partial charge in [-0.15, -0.1) is 0 Å². The summed E-state index contributed by atoms with van der Waals surface area (Å²) in [6, 6.07) is 11.6. The van der Waals surface area contributed by atoms with Crippen LogP contribution in [0.25, 0.3) is 17.4 Å². The average Bonchev–Trinajstić information content (AvgIpc) is 3.13. The van der Waals surface area contributed by atoms with Gasteiger partial charge in [0.15, 0.2) is 0 Å². The maximum atomic E-state index is 12.4. The fourth-order valence-electron chi connectivity index (χ4n) is 2.27. The van der Waals surface area contributed by atoms with E-state index in [1.54, 1.807) is 11.0 Å². The van der Waals surface area contributed by atoms with Gasteiger partial charge in [0.1, 0.15) is 15.8 Å². The Morgan fingerprint density at radius 3 is 2.71 bits per heavy atom. The van der Waals surface area contributed by atoms with E-state index in [4.69, 9.17) is 22.4 Å². The molecule has 1 aromatic carbocycles. The standard InChI is InChI=1S/C17H15BrN2O2S2/c18-12-4-2-11(3-5-12)14-7-6-13(22-14)10-15-16(21)20(9-1-8-19)17(23)24-15/h2-7,10H,1,8-9,19H2. The normalized spacial score (nSPS) is 16.4. The van der Waals surface area contributed by atoms with Crippen LogP contribution in [-0.2, 0) is 4.79 Å². The van der Waals surface area contributed by atoms with E-state index in [2.05, 4.69) is 15.9 Å². The van der Waals surface area contributed by atoms with Crippen molar-refractivity contribution in [2.45, 2.75) is 6.42 Å². The molecule has 1 aliphatic heterocycles. The van der Waals surface area contributed by atoms with Crippen LogP contribution in [0.2, 0.25) is 0 Å². The summed E-state index contributed by atoms with van der Waals surface area (Å²) in [7, 11) is 0. The Bertz CT molecular complexity index is 799. The number of benzene rings is 1. The largest absolute Gasteiger partial charge is 0.457 e. The van der Waals surface area contributed by atoms with Gasteiger partial charge in [0.05, 0.1) is 4.91 Å². The van der Waals surface area contributed by atoms with Gasteiger partial charge >= 0.3 is 0 Å². The second-order valence-electron chi connectivity index (χ2n) is 5.18. The molecule has 0 unspecified atom stereocenters. The quantitative estimate of drug-likeness (QED) is 0.575. The van der Waals surface area contributed by atoms with E-state index in [1.165, 1.54) is 11.8 Å². The molecule has 1 aromatic heterocycles. The number of carbonyl (C=O) groups is 1. The zero-order chi connectivity index (χ0) is 17.1. The van der Waals surface area contributed by atoms with Crippen molar-refractivity contribution in [3.63, 3.8) is 0 Å². The Balaban J connectivity index is 1.78. The number of amides is 1. The number of halogens is 1. The molecule has 0 spiro atoms. The first-order valence-corrected chi connectivity index (χ1v) is 9.41. The third-order valence-electron chi connectivity index (χ3n) is 3.49. The number of rotatable bonds is 5. The maximum absolute atomic E-state index is 12.4. The van der Waals surface area contributed by atoms with Crippen LogP contribution in [0, 0.1) is 0 Å². The van der Waals surface area contributed by atoms with E-state index in [0.717, 1.165) is 22.2 Å². The van der Waals surface area contributed by atoms with E-state index in [1.807, 2.05) is 36.4 Å². The summed E-state index contributed by atoms with van der Waals surface area (Å²) < 4.78 is 7.41. The number of nitrogens with zero attached hydrogens (tertiary/aromatic N) is 1. The fraction of sp³-hybridized carbons (Fsp3) is 0.176. The van der Waals surface area contributed by atoms with Gasteiger partial charge in [0, 0.05) is 22.7 Å². The van der Waals surface area contributed by atoms with E-state index in [9.17, 15) is 4.79 Å². The van der Waals surface area contributed by atoms with Gasteiger partial charge in [-0.25, -0.2) is 0 Å². The fourth-order valence-corrected chi connectivity index (χ4v) is 3.82. The van der Waals surface area contributed by atoms with Crippen molar-refractivity contribution in [1.29, 1.82) is 0 Å². The predicted molar refractivity (Wildman–Crippen MR) is 105 cm³/mol. The van der Waals surface area contributed by atoms with Gasteiger partial charge in [-0.05, 0) is 37.2 Å². The molecule has 2 heterocycles. The zero-order valence-corrected chi connectivity index (χ0v) is 15.9. The lowest BCUT2D eigenvalue weighted by atomic mass is 10.2. The van der Waals surface area contributed by atoms with Crippen LogP contribution in [0.3, 0.4) is 0 Å². The van der Waals surface area contributed by atoms with Gasteiger partial charge in [-0.1, -0.05) is 52.0 Å². The SMILES string of the molecule is NCCCN1C(=O)C(=Cc2ccc(-c3ccc(Br)cc3)o2)SC1=S. The summed E-state index contributed by atoms with van der Waals surface area (Å²) in [5.41, 5.74) is 6.48. The Hall–Kier alpha value is -1.41. The molecular weight excluding hydrogens is 408 g/mol. The summed E-state index contributed by atoms with van der Waals surface area (Å²) in [4.78, 5) is 14.6. The lowest BCUT2D eigenvalue weighted by Crippen LogP contribution is -2.30. The summed E-state index contributed by atoms with van der Waals surface area (Å²) >= 11 is 9.98. The predicted octanol–water partition coefficient (Wildman–Crippen LogP) is 4.26. The number of hydrogen-bond acceptors (Lipinski definition) is 5. The zero-order valence-electron chi connectivity index (χ0n) is 12.7. The number of carbonyl (C=O) groups excluding carboxylic acids is 1. The highest BCUT2D eigenvalue weighted by Gasteiger charge is 2.31. The monoisotopic (exact) mass is 422 g/mol. The van der Waals surface area contributed by atoms with Crippen molar-refractivity contribution in [2.75, 3.05) is 13.1 Å². The van der Waals surface area contributed by atoms with Crippen molar-refractivity contribution in [3.8, 4) is 11.3 Å². The minimum atomic E-state index is -0.0833. The van der Waals surface area contributed by atoms with Gasteiger partial charge in [0.2, 0.25) is 0 Å². The second-order valence-corrected chi connectivity index (χ2v) is 7.78. The lowest BCUT2D eigenvalue weighted by molar-refractivity contribution is -0.122. The van der Waals surface area contributed by atoms with Crippen LogP contribution in [0.15, 0.2) is 50.2 Å². The highest BCUT2D eigenvalue weighted by molar-refractivity contribution is 9.10. The molecule has 0 aliphatic carbocycles. The molecule has 0 bridgehead atoms. The number of thiocarbonyl (C=S) groups is 1. The molecule has 7 heteroatoms. The molecule has 2 aromatic rings. The summed E-state index contributed by atoms with van der Waals surface area (Å²) in [5, 5.41) is 0. The lowest BCUT2D eigenvalue weighted by Gasteiger charge is -2.12. The summed E-state index contributed by atoms with van der Waals surface area (Å²) in [6.45, 7) is 1.09. The Kier molecular flexibility index (Phi) is 5.55. The number of thioether (sulfide) groups is 1. The highest BCUT2D eigenvalue weighted by Crippen LogP contribution is 2.33. The molecule has 1 saturated heterocycles. The van der Waals surface area contributed by atoms with Crippen LogP contribution in [-0.4, -0.2) is 28.2 Å². The van der Waals surface area contributed by atoms with Gasteiger partial charge in [0.25, 0.3) is 5.91 Å². The molecule has 3 rings (SSSR count). The van der Waals surface area contributed by atoms with E-state index in [0.29, 0.717) is 28.1 Å². The molecule has 1 amide bonds. The molecule has 24 heavy (non-hydrogen) atoms. The minimum absolute atomic E-state index is 0.0833. The number of furan rings is 1. The second kappa shape index (κ2) is 7.65. The van der Waals surface area contributed by atoms with Crippen LogP contribution < -0.4 is 5.73 Å². The molecule has 4 nitrogen and oxygen atoms in total. The smallest absolute Gasteiger partial charge is 0.266 e. The molecule has 1 fully saturated rings. The van der Waals surface area contributed by atoms with Crippen molar-refractivity contribution in [3.05, 3.63) is 51.5 Å². The third-order valence-corrected chi connectivity index (χ3v) is 5.39. The molecular formula is C17H15BrN2O2S2.